The quantitative estimate of drug-likeness (QED) is 0.807. The fraction of sp³-hybridized carbons (Fsp3) is 0.333. The number of carbonyl (C=O) groups is 1. The van der Waals surface area contributed by atoms with Gasteiger partial charge in [-0.25, -0.2) is 12.7 Å². The lowest BCUT2D eigenvalue weighted by molar-refractivity contribution is -0.120. The van der Waals surface area contributed by atoms with Crippen molar-refractivity contribution in [3.63, 3.8) is 0 Å². The van der Waals surface area contributed by atoms with Gasteiger partial charge >= 0.3 is 0 Å². The van der Waals surface area contributed by atoms with Gasteiger partial charge < -0.3 is 4.74 Å². The smallest absolute Gasteiger partial charge is 0.263 e. The van der Waals surface area contributed by atoms with Crippen molar-refractivity contribution in [2.75, 3.05) is 11.4 Å². The Kier molecular flexibility index (Phi) is 2.79. The predicted molar refractivity (Wildman–Crippen MR) is 68.2 cm³/mol. The Bertz CT molecular complexity index is 701. The summed E-state index contributed by atoms with van der Waals surface area (Å²) >= 11 is 0. The van der Waals surface area contributed by atoms with E-state index in [1.807, 2.05) is 6.07 Å². The van der Waals surface area contributed by atoms with E-state index >= 15 is 0 Å². The minimum absolute atomic E-state index is 0.130. The number of nitriles is 1. The van der Waals surface area contributed by atoms with E-state index in [-0.39, 0.29) is 11.4 Å². The molecule has 1 aliphatic heterocycles. The lowest BCUT2D eigenvalue weighted by Crippen LogP contribution is -2.67. The SMILES string of the molecule is COc1cc(C#N)ccc1N1C(=O)C(C)(C)S1(=O)=O. The van der Waals surface area contributed by atoms with Gasteiger partial charge in [-0.3, -0.25) is 4.79 Å². The average Bonchev–Trinajstić information content (AvgIpc) is 2.38. The fourth-order valence-corrected chi connectivity index (χ4v) is 3.30. The maximum Gasteiger partial charge on any atom is 0.263 e. The van der Waals surface area contributed by atoms with Crippen molar-refractivity contribution in [1.82, 2.24) is 0 Å². The van der Waals surface area contributed by atoms with E-state index in [0.29, 0.717) is 9.87 Å². The minimum atomic E-state index is -3.73. The van der Waals surface area contributed by atoms with Gasteiger partial charge in [-0.1, -0.05) is 0 Å². The summed E-state index contributed by atoms with van der Waals surface area (Å²) in [5.74, 6) is -0.345. The summed E-state index contributed by atoms with van der Waals surface area (Å²) in [6.45, 7) is 2.72. The first-order chi connectivity index (χ1) is 8.77. The number of ether oxygens (including phenoxy) is 1. The number of rotatable bonds is 2. The molecule has 1 aromatic rings. The van der Waals surface area contributed by atoms with E-state index < -0.39 is 20.7 Å². The first-order valence-corrected chi connectivity index (χ1v) is 6.89. The summed E-state index contributed by atoms with van der Waals surface area (Å²) in [5, 5.41) is 8.79. The van der Waals surface area contributed by atoms with Gasteiger partial charge in [-0.15, -0.1) is 0 Å². The van der Waals surface area contributed by atoms with Crippen molar-refractivity contribution in [2.45, 2.75) is 18.6 Å². The Labute approximate surface area is 111 Å². The molecular formula is C12H12N2O4S. The highest BCUT2D eigenvalue weighted by Gasteiger charge is 2.61. The van der Waals surface area contributed by atoms with Crippen LogP contribution in [-0.4, -0.2) is 26.2 Å². The molecular weight excluding hydrogens is 268 g/mol. The van der Waals surface area contributed by atoms with Gasteiger partial charge in [-0.05, 0) is 26.0 Å². The maximum atomic E-state index is 12.1. The number of anilines is 1. The summed E-state index contributed by atoms with van der Waals surface area (Å²) in [4.78, 5) is 11.9. The van der Waals surface area contributed by atoms with E-state index in [1.54, 1.807) is 0 Å². The highest BCUT2D eigenvalue weighted by Crippen LogP contribution is 2.43. The molecule has 1 heterocycles. The number of hydrogen-bond acceptors (Lipinski definition) is 5. The molecule has 0 aliphatic carbocycles. The molecule has 7 heteroatoms. The highest BCUT2D eigenvalue weighted by atomic mass is 32.2. The van der Waals surface area contributed by atoms with Crippen LogP contribution in [0.5, 0.6) is 5.75 Å². The standard InChI is InChI=1S/C12H12N2O4S/c1-12(2)11(15)14(19(12,16)17)9-5-4-8(7-13)6-10(9)18-3/h4-6H,1-3H3. The topological polar surface area (TPSA) is 87.5 Å². The molecule has 19 heavy (non-hydrogen) atoms. The van der Waals surface area contributed by atoms with Crippen molar-refractivity contribution in [2.24, 2.45) is 0 Å². The van der Waals surface area contributed by atoms with E-state index in [9.17, 15) is 13.2 Å². The molecule has 0 atom stereocenters. The zero-order chi connectivity index (χ0) is 14.4. The molecule has 0 radical (unpaired) electrons. The van der Waals surface area contributed by atoms with Crippen LogP contribution < -0.4 is 9.04 Å². The number of benzene rings is 1. The van der Waals surface area contributed by atoms with Crippen molar-refractivity contribution in [3.05, 3.63) is 23.8 Å². The van der Waals surface area contributed by atoms with E-state index in [2.05, 4.69) is 0 Å². The molecule has 2 rings (SSSR count). The van der Waals surface area contributed by atoms with Crippen LogP contribution in [0.1, 0.15) is 19.4 Å². The average molecular weight is 280 g/mol. The van der Waals surface area contributed by atoms with Crippen LogP contribution in [0.2, 0.25) is 0 Å². The lowest BCUT2D eigenvalue weighted by atomic mass is 10.1. The molecule has 6 nitrogen and oxygen atoms in total. The molecule has 1 aromatic carbocycles. The second kappa shape index (κ2) is 3.96. The Morgan fingerprint density at radius 3 is 2.47 bits per heavy atom. The fourth-order valence-electron chi connectivity index (χ4n) is 1.81. The molecule has 0 bridgehead atoms. The minimum Gasteiger partial charge on any atom is -0.494 e. The number of sulfonamides is 1. The van der Waals surface area contributed by atoms with Crippen LogP contribution in [0.4, 0.5) is 5.69 Å². The van der Waals surface area contributed by atoms with Crippen LogP contribution >= 0.6 is 0 Å². The summed E-state index contributed by atoms with van der Waals surface area (Å²) in [6, 6.07) is 6.14. The van der Waals surface area contributed by atoms with Crippen molar-refractivity contribution < 1.29 is 17.9 Å². The van der Waals surface area contributed by atoms with Crippen molar-refractivity contribution >= 4 is 21.6 Å². The van der Waals surface area contributed by atoms with Crippen LogP contribution in [-0.2, 0) is 14.8 Å². The Balaban J connectivity index is 2.57. The lowest BCUT2D eigenvalue weighted by Gasteiger charge is -2.43. The van der Waals surface area contributed by atoms with Crippen LogP contribution in [0.15, 0.2) is 18.2 Å². The van der Waals surface area contributed by atoms with Gasteiger partial charge in [0.05, 0.1) is 18.7 Å². The van der Waals surface area contributed by atoms with Gasteiger partial charge in [-0.2, -0.15) is 5.26 Å². The molecule has 0 spiro atoms. The first kappa shape index (κ1) is 13.4. The van der Waals surface area contributed by atoms with Gasteiger partial charge in [0.2, 0.25) is 0 Å². The number of amides is 1. The first-order valence-electron chi connectivity index (χ1n) is 5.45. The molecule has 1 fully saturated rings. The van der Waals surface area contributed by atoms with Crippen LogP contribution in [0.3, 0.4) is 0 Å². The molecule has 1 aliphatic rings. The zero-order valence-electron chi connectivity index (χ0n) is 10.7. The highest BCUT2D eigenvalue weighted by molar-refractivity contribution is 7.98. The molecule has 100 valence electrons. The van der Waals surface area contributed by atoms with Gasteiger partial charge in [0.15, 0.2) is 4.75 Å². The van der Waals surface area contributed by atoms with Gasteiger partial charge in [0, 0.05) is 6.07 Å². The number of carbonyl (C=O) groups excluding carboxylic acids is 1. The summed E-state index contributed by atoms with van der Waals surface area (Å²) < 4.78 is 28.5. The predicted octanol–water partition coefficient (Wildman–Crippen LogP) is 1.02. The number of methoxy groups -OCH3 is 1. The normalized spacial score (nSPS) is 19.5. The van der Waals surface area contributed by atoms with Crippen LogP contribution in [0.25, 0.3) is 0 Å². The zero-order valence-corrected chi connectivity index (χ0v) is 11.5. The van der Waals surface area contributed by atoms with E-state index in [4.69, 9.17) is 10.00 Å². The van der Waals surface area contributed by atoms with Crippen LogP contribution in [0, 0.1) is 11.3 Å². The Morgan fingerprint density at radius 2 is 2.00 bits per heavy atom. The van der Waals surface area contributed by atoms with Gasteiger partial charge in [0.1, 0.15) is 11.4 Å². The van der Waals surface area contributed by atoms with E-state index in [1.165, 1.54) is 39.2 Å². The summed E-state index contributed by atoms with van der Waals surface area (Å²) in [6.07, 6.45) is 0. The molecule has 0 saturated carbocycles. The summed E-state index contributed by atoms with van der Waals surface area (Å²) in [5.41, 5.74) is 0.455. The second-order valence-corrected chi connectivity index (χ2v) is 6.92. The number of hydrogen-bond donors (Lipinski definition) is 0. The van der Waals surface area contributed by atoms with E-state index in [0.717, 1.165) is 0 Å². The monoisotopic (exact) mass is 280 g/mol. The van der Waals surface area contributed by atoms with Gasteiger partial charge in [0.25, 0.3) is 15.9 Å². The summed E-state index contributed by atoms with van der Waals surface area (Å²) in [7, 11) is -2.38. The third-order valence-corrected chi connectivity index (χ3v) is 5.42. The molecule has 1 saturated heterocycles. The van der Waals surface area contributed by atoms with Crippen molar-refractivity contribution in [3.8, 4) is 11.8 Å². The third-order valence-electron chi connectivity index (χ3n) is 3.11. The number of nitrogens with zero attached hydrogens (tertiary/aromatic N) is 2. The second-order valence-electron chi connectivity index (χ2n) is 4.58. The van der Waals surface area contributed by atoms with Crippen molar-refractivity contribution in [1.29, 1.82) is 5.26 Å². The molecule has 0 aromatic heterocycles. The maximum absolute atomic E-state index is 12.1. The molecule has 1 amide bonds. The Morgan fingerprint density at radius 1 is 1.37 bits per heavy atom. The molecule has 0 N–H and O–H groups in total. The largest absolute Gasteiger partial charge is 0.494 e. The molecule has 0 unspecified atom stereocenters. The third kappa shape index (κ3) is 1.60. The Hall–Kier alpha value is -2.07.